The molecule has 2 fully saturated rings. The Balaban J connectivity index is 1.52. The van der Waals surface area contributed by atoms with Crippen LogP contribution >= 0.6 is 0 Å². The Bertz CT molecular complexity index is 915. The summed E-state index contributed by atoms with van der Waals surface area (Å²) in [5, 5.41) is 21.5. The van der Waals surface area contributed by atoms with Crippen LogP contribution in [0.25, 0.3) is 0 Å². The number of carbonyl (C=O) groups excluding carboxylic acids is 1. The van der Waals surface area contributed by atoms with Gasteiger partial charge in [0.2, 0.25) is 6.41 Å². The summed E-state index contributed by atoms with van der Waals surface area (Å²) in [7, 11) is 0. The van der Waals surface area contributed by atoms with E-state index in [1.165, 1.54) is 0 Å². The second-order valence-corrected chi connectivity index (χ2v) is 8.81. The molecule has 5 nitrogen and oxygen atoms in total. The van der Waals surface area contributed by atoms with Gasteiger partial charge in [-0.25, -0.2) is 0 Å². The molecule has 3 aliphatic rings. The smallest absolute Gasteiger partial charge is 0.209 e. The average molecular weight is 393 g/mol. The highest BCUT2D eigenvalue weighted by Gasteiger charge is 2.56. The van der Waals surface area contributed by atoms with Crippen LogP contribution in [0.3, 0.4) is 0 Å². The number of phenolic OH excluding ortho intramolecular Hbond substituents is 1. The molecule has 1 amide bonds. The molecule has 0 spiro atoms. The number of likely N-dealkylation sites (tertiary alicyclic amines) is 1. The van der Waals surface area contributed by atoms with Crippen molar-refractivity contribution in [3.63, 3.8) is 0 Å². The maximum Gasteiger partial charge on any atom is 0.209 e. The van der Waals surface area contributed by atoms with Gasteiger partial charge in [-0.2, -0.15) is 0 Å². The molecule has 1 saturated heterocycles. The summed E-state index contributed by atoms with van der Waals surface area (Å²) in [4.78, 5) is 13.6. The number of rotatable bonds is 4. The first-order valence-electron chi connectivity index (χ1n) is 10.5. The maximum absolute atomic E-state index is 11.7. The molecule has 29 heavy (non-hydrogen) atoms. The first kappa shape index (κ1) is 18.5. The highest BCUT2D eigenvalue weighted by molar-refractivity contribution is 5.56. The SMILES string of the molecule is O=CN1CCC23CC(O)CCC2C1Cc1cc(OCc2ccccc2)cc(O)c13. The summed E-state index contributed by atoms with van der Waals surface area (Å²) in [5.74, 6) is 1.20. The van der Waals surface area contributed by atoms with E-state index in [4.69, 9.17) is 4.74 Å². The fourth-order valence-corrected chi connectivity index (χ4v) is 6.14. The second-order valence-electron chi connectivity index (χ2n) is 8.81. The number of aliphatic hydroxyl groups excluding tert-OH is 1. The van der Waals surface area contributed by atoms with Crippen LogP contribution in [-0.2, 0) is 23.2 Å². The number of aromatic hydroxyl groups is 1. The molecule has 1 heterocycles. The van der Waals surface area contributed by atoms with Gasteiger partial charge >= 0.3 is 0 Å². The molecule has 1 saturated carbocycles. The molecule has 5 heteroatoms. The Morgan fingerprint density at radius 2 is 2.03 bits per heavy atom. The first-order chi connectivity index (χ1) is 14.1. The van der Waals surface area contributed by atoms with Crippen LogP contribution in [0.5, 0.6) is 11.5 Å². The molecule has 2 aromatic rings. The lowest BCUT2D eigenvalue weighted by atomic mass is 9.51. The zero-order valence-corrected chi connectivity index (χ0v) is 16.5. The van der Waals surface area contributed by atoms with E-state index in [0.29, 0.717) is 31.2 Å². The summed E-state index contributed by atoms with van der Waals surface area (Å²) in [6, 6.07) is 13.8. The number of carbonyl (C=O) groups is 1. The van der Waals surface area contributed by atoms with Crippen molar-refractivity contribution in [3.8, 4) is 11.5 Å². The van der Waals surface area contributed by atoms with Crippen molar-refractivity contribution in [2.24, 2.45) is 5.92 Å². The molecule has 4 unspecified atom stereocenters. The van der Waals surface area contributed by atoms with Gasteiger partial charge < -0.3 is 19.8 Å². The van der Waals surface area contributed by atoms with E-state index in [0.717, 1.165) is 48.8 Å². The van der Waals surface area contributed by atoms with Gasteiger partial charge in [0.25, 0.3) is 0 Å². The van der Waals surface area contributed by atoms with Gasteiger partial charge in [-0.15, -0.1) is 0 Å². The third-order valence-electron chi connectivity index (χ3n) is 7.31. The molecule has 1 aliphatic heterocycles. The summed E-state index contributed by atoms with van der Waals surface area (Å²) in [5.41, 5.74) is 2.85. The minimum absolute atomic E-state index is 0.130. The topological polar surface area (TPSA) is 70.0 Å². The van der Waals surface area contributed by atoms with E-state index < -0.39 is 0 Å². The highest BCUT2D eigenvalue weighted by atomic mass is 16.5. The molecule has 2 bridgehead atoms. The standard InChI is InChI=1S/C24H27NO4/c26-15-25-9-8-24-13-18(27)6-7-20(24)21(25)11-17-10-19(12-22(28)23(17)24)29-14-16-4-2-1-3-5-16/h1-5,10,12,15,18,20-21,27-28H,6-9,11,13-14H2. The molecule has 5 rings (SSSR count). The minimum atomic E-state index is -0.353. The maximum atomic E-state index is 11.7. The molecule has 0 radical (unpaired) electrons. The van der Waals surface area contributed by atoms with Crippen molar-refractivity contribution < 1.29 is 19.7 Å². The number of fused-ring (bicyclic) bond motifs is 1. The summed E-state index contributed by atoms with van der Waals surface area (Å²) < 4.78 is 5.98. The number of piperidine rings is 1. The van der Waals surface area contributed by atoms with Crippen LogP contribution in [0.2, 0.25) is 0 Å². The Morgan fingerprint density at radius 1 is 1.21 bits per heavy atom. The molecule has 2 N–H and O–H groups in total. The van der Waals surface area contributed by atoms with E-state index in [1.807, 2.05) is 41.3 Å². The first-order valence-corrected chi connectivity index (χ1v) is 10.5. The van der Waals surface area contributed by atoms with Crippen LogP contribution < -0.4 is 4.74 Å². The Labute approximate surface area is 170 Å². The van der Waals surface area contributed by atoms with Crippen LogP contribution in [0.1, 0.15) is 42.4 Å². The molecule has 4 atom stereocenters. The molecular weight excluding hydrogens is 366 g/mol. The number of benzene rings is 2. The fourth-order valence-electron chi connectivity index (χ4n) is 6.14. The van der Waals surface area contributed by atoms with Crippen LogP contribution in [0.4, 0.5) is 0 Å². The second kappa shape index (κ2) is 7.06. The van der Waals surface area contributed by atoms with Gasteiger partial charge in [-0.3, -0.25) is 4.79 Å². The molecular formula is C24H27NO4. The van der Waals surface area contributed by atoms with Gasteiger partial charge in [0.1, 0.15) is 18.1 Å². The molecule has 2 aromatic carbocycles. The van der Waals surface area contributed by atoms with Crippen molar-refractivity contribution in [2.75, 3.05) is 6.54 Å². The third kappa shape index (κ3) is 2.99. The predicted molar refractivity (Wildman–Crippen MR) is 109 cm³/mol. The number of phenols is 1. The summed E-state index contributed by atoms with van der Waals surface area (Å²) in [6.45, 7) is 1.12. The number of hydrogen-bond donors (Lipinski definition) is 2. The third-order valence-corrected chi connectivity index (χ3v) is 7.31. The molecule has 2 aliphatic carbocycles. The number of aliphatic hydroxyl groups is 1. The fraction of sp³-hybridized carbons (Fsp3) is 0.458. The monoisotopic (exact) mass is 393 g/mol. The molecule has 152 valence electrons. The Morgan fingerprint density at radius 3 is 2.83 bits per heavy atom. The van der Waals surface area contributed by atoms with E-state index in [1.54, 1.807) is 6.07 Å². The van der Waals surface area contributed by atoms with Crippen molar-refractivity contribution in [1.82, 2.24) is 4.90 Å². The Kier molecular flexibility index (Phi) is 4.50. The number of ether oxygens (including phenoxy) is 1. The van der Waals surface area contributed by atoms with Crippen molar-refractivity contribution >= 4 is 6.41 Å². The largest absolute Gasteiger partial charge is 0.507 e. The highest BCUT2D eigenvalue weighted by Crippen LogP contribution is 2.58. The lowest BCUT2D eigenvalue weighted by molar-refractivity contribution is -0.128. The predicted octanol–water partition coefficient (Wildman–Crippen LogP) is 3.16. The number of hydrogen-bond acceptors (Lipinski definition) is 4. The summed E-state index contributed by atoms with van der Waals surface area (Å²) >= 11 is 0. The lowest BCUT2D eigenvalue weighted by Gasteiger charge is -2.59. The minimum Gasteiger partial charge on any atom is -0.507 e. The number of nitrogens with zero attached hydrogens (tertiary/aromatic N) is 1. The van der Waals surface area contributed by atoms with Crippen molar-refractivity contribution in [3.05, 3.63) is 59.2 Å². The van der Waals surface area contributed by atoms with Gasteiger partial charge in [-0.1, -0.05) is 30.3 Å². The van der Waals surface area contributed by atoms with E-state index in [9.17, 15) is 15.0 Å². The normalized spacial score (nSPS) is 30.2. The van der Waals surface area contributed by atoms with Crippen molar-refractivity contribution in [1.29, 1.82) is 0 Å². The van der Waals surface area contributed by atoms with Gasteiger partial charge in [0.15, 0.2) is 0 Å². The van der Waals surface area contributed by atoms with Gasteiger partial charge in [0.05, 0.1) is 6.10 Å². The van der Waals surface area contributed by atoms with Crippen LogP contribution in [-0.4, -0.2) is 40.2 Å². The van der Waals surface area contributed by atoms with Crippen molar-refractivity contribution in [2.45, 2.75) is 56.3 Å². The Hall–Kier alpha value is -2.53. The van der Waals surface area contributed by atoms with Crippen LogP contribution in [0, 0.1) is 5.92 Å². The van der Waals surface area contributed by atoms with Gasteiger partial charge in [0, 0.05) is 29.6 Å². The zero-order valence-electron chi connectivity index (χ0n) is 16.5. The number of amides is 1. The van der Waals surface area contributed by atoms with Gasteiger partial charge in [-0.05, 0) is 55.2 Å². The lowest BCUT2D eigenvalue weighted by Crippen LogP contribution is -2.61. The van der Waals surface area contributed by atoms with E-state index >= 15 is 0 Å². The summed E-state index contributed by atoms with van der Waals surface area (Å²) in [6.07, 6.45) is 4.45. The average Bonchev–Trinajstić information content (AvgIpc) is 2.72. The van der Waals surface area contributed by atoms with Crippen LogP contribution in [0.15, 0.2) is 42.5 Å². The quantitative estimate of drug-likeness (QED) is 0.783. The molecule has 0 aromatic heterocycles. The zero-order chi connectivity index (χ0) is 20.0. The van der Waals surface area contributed by atoms with E-state index in [-0.39, 0.29) is 23.3 Å². The van der Waals surface area contributed by atoms with E-state index in [2.05, 4.69) is 0 Å².